The number of allylic oxidation sites excluding steroid dienone is 1. The molecule has 0 saturated carbocycles. The molecule has 1 atom stereocenters. The van der Waals surface area contributed by atoms with E-state index in [9.17, 15) is 10.1 Å². The lowest BCUT2D eigenvalue weighted by Crippen LogP contribution is -2.26. The molecule has 0 saturated heterocycles. The van der Waals surface area contributed by atoms with Crippen molar-refractivity contribution in [3.8, 4) is 6.07 Å². The van der Waals surface area contributed by atoms with Crippen LogP contribution in [0.3, 0.4) is 0 Å². The summed E-state index contributed by atoms with van der Waals surface area (Å²) in [4.78, 5) is 14.0. The molecular weight excluding hydrogens is 430 g/mol. The van der Waals surface area contributed by atoms with Gasteiger partial charge in [0.1, 0.15) is 23.3 Å². The Hall–Kier alpha value is -3.03. The van der Waals surface area contributed by atoms with E-state index in [1.165, 1.54) is 22.6 Å². The standard InChI is InChI=1S/C21H23N7OS2/c1-4-11-28-18(14-30-16-9-7-6-8-10-16)25-26-21(28)31-17(5-2)20(29)24-19-15(12-22)13-23-27(19)3/h4,6-10,13,17H,1,5,11,14H2,2-3H3,(H,24,29). The van der Waals surface area contributed by atoms with E-state index >= 15 is 0 Å². The molecule has 31 heavy (non-hydrogen) atoms. The van der Waals surface area contributed by atoms with E-state index in [-0.39, 0.29) is 5.91 Å². The number of nitrogens with one attached hydrogen (secondary N) is 1. The predicted octanol–water partition coefficient (Wildman–Crippen LogP) is 3.87. The SMILES string of the molecule is C=CCn1c(CSc2ccccc2)nnc1SC(CC)C(=O)Nc1c(C#N)cnn1C. The third kappa shape index (κ3) is 5.57. The highest BCUT2D eigenvalue weighted by atomic mass is 32.2. The summed E-state index contributed by atoms with van der Waals surface area (Å²) in [7, 11) is 1.68. The van der Waals surface area contributed by atoms with E-state index in [1.54, 1.807) is 24.9 Å². The molecule has 160 valence electrons. The number of nitriles is 1. The minimum Gasteiger partial charge on any atom is -0.309 e. The summed E-state index contributed by atoms with van der Waals surface area (Å²) in [5, 5.41) is 25.0. The zero-order chi connectivity index (χ0) is 22.2. The van der Waals surface area contributed by atoms with Crippen LogP contribution in [0.2, 0.25) is 0 Å². The number of aryl methyl sites for hydroxylation is 1. The number of nitrogens with zero attached hydrogens (tertiary/aromatic N) is 6. The average molecular weight is 454 g/mol. The Labute approximate surface area is 189 Å². The van der Waals surface area contributed by atoms with E-state index in [0.717, 1.165) is 10.7 Å². The highest BCUT2D eigenvalue weighted by Gasteiger charge is 2.24. The fourth-order valence-electron chi connectivity index (χ4n) is 2.80. The number of aromatic nitrogens is 5. The number of amides is 1. The lowest BCUT2D eigenvalue weighted by molar-refractivity contribution is -0.115. The first-order valence-electron chi connectivity index (χ1n) is 9.67. The zero-order valence-electron chi connectivity index (χ0n) is 17.4. The van der Waals surface area contributed by atoms with Gasteiger partial charge in [0.15, 0.2) is 5.16 Å². The van der Waals surface area contributed by atoms with Gasteiger partial charge in [-0.2, -0.15) is 10.4 Å². The van der Waals surface area contributed by atoms with Gasteiger partial charge in [-0.1, -0.05) is 43.0 Å². The number of rotatable bonds is 10. The minimum absolute atomic E-state index is 0.207. The quantitative estimate of drug-likeness (QED) is 0.367. The Bertz CT molecular complexity index is 1090. The summed E-state index contributed by atoms with van der Waals surface area (Å²) < 4.78 is 3.46. The van der Waals surface area contributed by atoms with Crippen LogP contribution >= 0.6 is 23.5 Å². The summed E-state index contributed by atoms with van der Waals surface area (Å²) in [6, 6.07) is 12.1. The molecule has 1 aromatic carbocycles. The topological polar surface area (TPSA) is 101 Å². The van der Waals surface area contributed by atoms with Crippen molar-refractivity contribution in [1.82, 2.24) is 24.5 Å². The summed E-state index contributed by atoms with van der Waals surface area (Å²) in [5.74, 6) is 1.67. The molecule has 2 aromatic heterocycles. The third-order valence-electron chi connectivity index (χ3n) is 4.43. The van der Waals surface area contributed by atoms with E-state index in [1.807, 2.05) is 35.8 Å². The number of thioether (sulfide) groups is 2. The lowest BCUT2D eigenvalue weighted by Gasteiger charge is -2.15. The molecule has 1 N–H and O–H groups in total. The smallest absolute Gasteiger partial charge is 0.239 e. The normalized spacial score (nSPS) is 11.6. The maximum Gasteiger partial charge on any atom is 0.239 e. The molecule has 2 heterocycles. The van der Waals surface area contributed by atoms with Crippen LogP contribution in [0.15, 0.2) is 59.2 Å². The second kappa shape index (κ2) is 10.8. The Kier molecular flexibility index (Phi) is 7.92. The van der Waals surface area contributed by atoms with Crippen LogP contribution in [0.5, 0.6) is 0 Å². The van der Waals surface area contributed by atoms with Gasteiger partial charge in [0.05, 0.1) is 17.2 Å². The summed E-state index contributed by atoms with van der Waals surface area (Å²) >= 11 is 3.03. The largest absolute Gasteiger partial charge is 0.309 e. The Morgan fingerprint density at radius 2 is 2.13 bits per heavy atom. The van der Waals surface area contributed by atoms with Gasteiger partial charge in [-0.25, -0.2) is 0 Å². The van der Waals surface area contributed by atoms with Gasteiger partial charge >= 0.3 is 0 Å². The van der Waals surface area contributed by atoms with Crippen molar-refractivity contribution in [2.45, 2.75) is 40.9 Å². The van der Waals surface area contributed by atoms with E-state index in [0.29, 0.717) is 35.3 Å². The van der Waals surface area contributed by atoms with Crippen molar-refractivity contribution in [1.29, 1.82) is 5.26 Å². The maximum absolute atomic E-state index is 12.9. The number of carbonyl (C=O) groups is 1. The van der Waals surface area contributed by atoms with Crippen LogP contribution in [0, 0.1) is 11.3 Å². The van der Waals surface area contributed by atoms with Crippen molar-refractivity contribution in [2.24, 2.45) is 7.05 Å². The molecule has 3 rings (SSSR count). The van der Waals surface area contributed by atoms with Crippen LogP contribution in [-0.4, -0.2) is 35.7 Å². The molecule has 0 aliphatic rings. The fraction of sp³-hybridized carbons (Fsp3) is 0.286. The molecule has 0 radical (unpaired) electrons. The van der Waals surface area contributed by atoms with Crippen molar-refractivity contribution in [3.63, 3.8) is 0 Å². The highest BCUT2D eigenvalue weighted by molar-refractivity contribution is 8.00. The van der Waals surface area contributed by atoms with Crippen molar-refractivity contribution in [2.75, 3.05) is 5.32 Å². The molecule has 1 amide bonds. The maximum atomic E-state index is 12.9. The summed E-state index contributed by atoms with van der Waals surface area (Å²) in [6.45, 7) is 6.33. The number of carbonyl (C=O) groups excluding carboxylic acids is 1. The van der Waals surface area contributed by atoms with E-state index < -0.39 is 5.25 Å². The van der Waals surface area contributed by atoms with Gasteiger partial charge in [0.2, 0.25) is 5.91 Å². The molecule has 0 aliphatic heterocycles. The molecule has 1 unspecified atom stereocenters. The minimum atomic E-state index is -0.399. The monoisotopic (exact) mass is 453 g/mol. The first-order valence-corrected chi connectivity index (χ1v) is 11.5. The number of benzene rings is 1. The number of hydrogen-bond donors (Lipinski definition) is 1. The molecule has 0 fully saturated rings. The molecule has 0 bridgehead atoms. The number of hydrogen-bond acceptors (Lipinski definition) is 7. The van der Waals surface area contributed by atoms with Crippen LogP contribution in [0.1, 0.15) is 24.7 Å². The first-order chi connectivity index (χ1) is 15.1. The van der Waals surface area contributed by atoms with E-state index in [4.69, 9.17) is 0 Å². The number of anilines is 1. The van der Waals surface area contributed by atoms with Gasteiger partial charge in [-0.15, -0.1) is 28.5 Å². The Morgan fingerprint density at radius 3 is 2.81 bits per heavy atom. The second-order valence-electron chi connectivity index (χ2n) is 6.55. The first kappa shape index (κ1) is 22.7. The molecule has 3 aromatic rings. The van der Waals surface area contributed by atoms with Gasteiger partial charge in [0, 0.05) is 18.5 Å². The van der Waals surface area contributed by atoms with E-state index in [2.05, 4.69) is 39.3 Å². The Morgan fingerprint density at radius 1 is 1.35 bits per heavy atom. The van der Waals surface area contributed by atoms with Crippen LogP contribution in [0.25, 0.3) is 0 Å². The Balaban J connectivity index is 1.74. The molecule has 10 heteroatoms. The van der Waals surface area contributed by atoms with Crippen molar-refractivity contribution < 1.29 is 4.79 Å². The summed E-state index contributed by atoms with van der Waals surface area (Å²) in [6.07, 6.45) is 3.81. The molecule has 0 aliphatic carbocycles. The van der Waals surface area contributed by atoms with Crippen LogP contribution in [-0.2, 0) is 24.1 Å². The fourth-order valence-corrected chi connectivity index (χ4v) is 4.65. The second-order valence-corrected chi connectivity index (χ2v) is 8.76. The lowest BCUT2D eigenvalue weighted by atomic mass is 10.3. The van der Waals surface area contributed by atoms with Crippen molar-refractivity contribution in [3.05, 3.63) is 60.6 Å². The zero-order valence-corrected chi connectivity index (χ0v) is 19.0. The molecule has 0 spiro atoms. The highest BCUT2D eigenvalue weighted by Crippen LogP contribution is 2.28. The average Bonchev–Trinajstić information content (AvgIpc) is 3.34. The van der Waals surface area contributed by atoms with Crippen LogP contribution in [0.4, 0.5) is 5.82 Å². The van der Waals surface area contributed by atoms with Crippen LogP contribution < -0.4 is 5.32 Å². The molecular formula is C21H23N7OS2. The molecule has 8 nitrogen and oxygen atoms in total. The predicted molar refractivity (Wildman–Crippen MR) is 123 cm³/mol. The van der Waals surface area contributed by atoms with Gasteiger partial charge in [0.25, 0.3) is 0 Å². The van der Waals surface area contributed by atoms with Gasteiger partial charge < -0.3 is 9.88 Å². The van der Waals surface area contributed by atoms with Crippen molar-refractivity contribution >= 4 is 35.2 Å². The third-order valence-corrected chi connectivity index (χ3v) is 6.78. The van der Waals surface area contributed by atoms with Gasteiger partial charge in [-0.3, -0.25) is 9.48 Å². The van der Waals surface area contributed by atoms with Gasteiger partial charge in [-0.05, 0) is 18.6 Å². The summed E-state index contributed by atoms with van der Waals surface area (Å²) in [5.41, 5.74) is 0.325.